The number of anilines is 1. The molecule has 6 nitrogen and oxygen atoms in total. The Morgan fingerprint density at radius 3 is 2.71 bits per heavy atom. The lowest BCUT2D eigenvalue weighted by Crippen LogP contribution is -2.51. The number of nitrogens with one attached hydrogen (secondary N) is 1. The largest absolute Gasteiger partial charge is 0.476 e. The maximum atomic E-state index is 12.1. The van der Waals surface area contributed by atoms with Crippen molar-refractivity contribution in [2.75, 3.05) is 17.1 Å². The van der Waals surface area contributed by atoms with E-state index < -0.39 is 16.1 Å². The Labute approximate surface area is 129 Å². The number of hydrogen-bond acceptors (Lipinski definition) is 4. The van der Waals surface area contributed by atoms with E-state index in [1.807, 2.05) is 13.8 Å². The third kappa shape index (κ3) is 3.59. The molecule has 1 aromatic rings. The molecule has 0 saturated carbocycles. The molecule has 0 aromatic heterocycles. The number of benzene rings is 1. The van der Waals surface area contributed by atoms with E-state index in [1.54, 1.807) is 12.1 Å². The van der Waals surface area contributed by atoms with Gasteiger partial charge in [-0.3, -0.25) is 9.10 Å². The van der Waals surface area contributed by atoms with Crippen molar-refractivity contribution in [1.29, 1.82) is 0 Å². The molecule has 1 N–H and O–H groups in total. The Bertz CT molecular complexity index is 660. The van der Waals surface area contributed by atoms with Crippen LogP contribution in [0.5, 0.6) is 5.75 Å². The van der Waals surface area contributed by atoms with Crippen LogP contribution in [0.4, 0.5) is 5.69 Å². The standard InChI is InChI=1S/C13H17ClN2O4S/c1-8(2)15-13(17)12-7-16(21(3,18)19)10-6-9(14)4-5-11(10)20-12/h4-6,8,12H,7H2,1-3H3,(H,15,17). The summed E-state index contributed by atoms with van der Waals surface area (Å²) in [6.45, 7) is 3.57. The average Bonchev–Trinajstić information content (AvgIpc) is 2.35. The molecule has 116 valence electrons. The molecule has 1 atom stereocenters. The van der Waals surface area contributed by atoms with Gasteiger partial charge >= 0.3 is 0 Å². The lowest BCUT2D eigenvalue weighted by Gasteiger charge is -2.34. The van der Waals surface area contributed by atoms with Crippen molar-refractivity contribution < 1.29 is 17.9 Å². The number of nitrogens with zero attached hydrogens (tertiary/aromatic N) is 1. The van der Waals surface area contributed by atoms with Gasteiger partial charge in [-0.25, -0.2) is 8.42 Å². The van der Waals surface area contributed by atoms with Gasteiger partial charge in [0.1, 0.15) is 5.75 Å². The molecule has 1 heterocycles. The summed E-state index contributed by atoms with van der Waals surface area (Å²) in [6.07, 6.45) is 0.191. The monoisotopic (exact) mass is 332 g/mol. The van der Waals surface area contributed by atoms with E-state index in [9.17, 15) is 13.2 Å². The van der Waals surface area contributed by atoms with Crippen LogP contribution in [0.25, 0.3) is 0 Å². The zero-order chi connectivity index (χ0) is 15.8. The van der Waals surface area contributed by atoms with E-state index >= 15 is 0 Å². The highest BCUT2D eigenvalue weighted by atomic mass is 35.5. The van der Waals surface area contributed by atoms with Gasteiger partial charge < -0.3 is 10.1 Å². The summed E-state index contributed by atoms with van der Waals surface area (Å²) in [5, 5.41) is 3.11. The van der Waals surface area contributed by atoms with Crippen LogP contribution in [-0.4, -0.2) is 39.3 Å². The number of halogens is 1. The quantitative estimate of drug-likeness (QED) is 0.907. The molecule has 0 fully saturated rings. The normalized spacial score (nSPS) is 18.1. The van der Waals surface area contributed by atoms with Gasteiger partial charge in [0.2, 0.25) is 10.0 Å². The summed E-state index contributed by atoms with van der Waals surface area (Å²) in [5.74, 6) is -0.0285. The number of carbonyl (C=O) groups excluding carboxylic acids is 1. The van der Waals surface area contributed by atoms with Crippen LogP contribution in [0.2, 0.25) is 5.02 Å². The minimum atomic E-state index is -3.54. The number of carbonyl (C=O) groups is 1. The van der Waals surface area contributed by atoms with Gasteiger partial charge in [-0.15, -0.1) is 0 Å². The number of rotatable bonds is 3. The summed E-state index contributed by atoms with van der Waals surface area (Å²) in [7, 11) is -3.54. The number of sulfonamides is 1. The molecule has 1 aliphatic rings. The highest BCUT2D eigenvalue weighted by molar-refractivity contribution is 7.92. The molecule has 1 aromatic carbocycles. The molecule has 2 rings (SSSR count). The van der Waals surface area contributed by atoms with E-state index in [0.717, 1.165) is 10.6 Å². The first-order chi connectivity index (χ1) is 9.68. The van der Waals surface area contributed by atoms with Crippen LogP contribution < -0.4 is 14.4 Å². The minimum absolute atomic E-state index is 0.0561. The topological polar surface area (TPSA) is 75.7 Å². The third-order valence-corrected chi connectivity index (χ3v) is 4.30. The van der Waals surface area contributed by atoms with Crippen molar-refractivity contribution in [1.82, 2.24) is 5.32 Å². The van der Waals surface area contributed by atoms with E-state index in [4.69, 9.17) is 16.3 Å². The summed E-state index contributed by atoms with van der Waals surface area (Å²) < 4.78 is 30.6. The molecular formula is C13H17ClN2O4S. The van der Waals surface area contributed by atoms with Crippen molar-refractivity contribution in [3.8, 4) is 5.75 Å². The second-order valence-electron chi connectivity index (χ2n) is 5.18. The molecule has 0 radical (unpaired) electrons. The SMILES string of the molecule is CC(C)NC(=O)C1CN(S(C)(=O)=O)c2cc(Cl)ccc2O1. The second-order valence-corrected chi connectivity index (χ2v) is 7.52. The van der Waals surface area contributed by atoms with Crippen LogP contribution in [0.3, 0.4) is 0 Å². The zero-order valence-corrected chi connectivity index (χ0v) is 13.5. The van der Waals surface area contributed by atoms with Crippen molar-refractivity contribution >= 4 is 33.2 Å². The van der Waals surface area contributed by atoms with Crippen molar-refractivity contribution in [2.45, 2.75) is 26.0 Å². The van der Waals surface area contributed by atoms with Crippen molar-refractivity contribution in [3.63, 3.8) is 0 Å². The highest BCUT2D eigenvalue weighted by Gasteiger charge is 2.35. The summed E-state index contributed by atoms with van der Waals surface area (Å²) >= 11 is 5.90. The van der Waals surface area contributed by atoms with Gasteiger partial charge in [-0.1, -0.05) is 11.6 Å². The fourth-order valence-corrected chi connectivity index (χ4v) is 3.13. The zero-order valence-electron chi connectivity index (χ0n) is 12.0. The summed E-state index contributed by atoms with van der Waals surface area (Å²) in [6, 6.07) is 4.60. The van der Waals surface area contributed by atoms with Gasteiger partial charge in [-0.05, 0) is 32.0 Å². The van der Waals surface area contributed by atoms with E-state index in [1.165, 1.54) is 6.07 Å². The molecule has 0 spiro atoms. The number of fused-ring (bicyclic) bond motifs is 1. The maximum Gasteiger partial charge on any atom is 0.263 e. The number of ether oxygens (including phenoxy) is 1. The first kappa shape index (κ1) is 15.9. The van der Waals surface area contributed by atoms with Gasteiger partial charge in [0.15, 0.2) is 6.10 Å². The highest BCUT2D eigenvalue weighted by Crippen LogP contribution is 2.37. The first-order valence-electron chi connectivity index (χ1n) is 6.43. The van der Waals surface area contributed by atoms with Crippen LogP contribution in [0.15, 0.2) is 18.2 Å². The van der Waals surface area contributed by atoms with Gasteiger partial charge in [0.05, 0.1) is 18.5 Å². The lowest BCUT2D eigenvalue weighted by molar-refractivity contribution is -0.128. The Hall–Kier alpha value is -1.47. The fourth-order valence-electron chi connectivity index (χ4n) is 2.05. The lowest BCUT2D eigenvalue weighted by atomic mass is 10.2. The predicted molar refractivity (Wildman–Crippen MR) is 81.3 cm³/mol. The third-order valence-electron chi connectivity index (χ3n) is 2.91. The Kier molecular flexibility index (Phi) is 4.34. The molecule has 0 saturated heterocycles. The molecule has 0 bridgehead atoms. The second kappa shape index (κ2) is 5.73. The molecule has 1 aliphatic heterocycles. The van der Waals surface area contributed by atoms with Gasteiger partial charge in [-0.2, -0.15) is 0 Å². The summed E-state index contributed by atoms with van der Waals surface area (Å²) in [5.41, 5.74) is 0.346. The predicted octanol–water partition coefficient (Wildman–Crippen LogP) is 1.39. The van der Waals surface area contributed by atoms with Crippen molar-refractivity contribution in [3.05, 3.63) is 23.2 Å². The molecule has 1 amide bonds. The van der Waals surface area contributed by atoms with Crippen LogP contribution in [0, 0.1) is 0 Å². The number of hydrogen-bond donors (Lipinski definition) is 1. The fraction of sp³-hybridized carbons (Fsp3) is 0.462. The van der Waals surface area contributed by atoms with Crippen LogP contribution in [0.1, 0.15) is 13.8 Å². The Balaban J connectivity index is 2.39. The van der Waals surface area contributed by atoms with Crippen LogP contribution in [-0.2, 0) is 14.8 Å². The average molecular weight is 333 g/mol. The van der Waals surface area contributed by atoms with E-state index in [2.05, 4.69) is 5.32 Å². The Morgan fingerprint density at radius 1 is 1.48 bits per heavy atom. The maximum absolute atomic E-state index is 12.1. The smallest absolute Gasteiger partial charge is 0.263 e. The van der Waals surface area contributed by atoms with Crippen molar-refractivity contribution in [2.24, 2.45) is 0 Å². The van der Waals surface area contributed by atoms with E-state index in [0.29, 0.717) is 16.5 Å². The first-order valence-corrected chi connectivity index (χ1v) is 8.65. The molecule has 21 heavy (non-hydrogen) atoms. The van der Waals surface area contributed by atoms with E-state index in [-0.39, 0.29) is 18.5 Å². The Morgan fingerprint density at radius 2 is 2.14 bits per heavy atom. The summed E-state index contributed by atoms with van der Waals surface area (Å²) in [4.78, 5) is 12.1. The number of amides is 1. The molecule has 0 aliphatic carbocycles. The molecular weight excluding hydrogens is 316 g/mol. The molecule has 1 unspecified atom stereocenters. The van der Waals surface area contributed by atoms with Crippen LogP contribution >= 0.6 is 11.6 Å². The molecule has 8 heteroatoms. The minimum Gasteiger partial charge on any atom is -0.476 e. The van der Waals surface area contributed by atoms with Gasteiger partial charge in [0, 0.05) is 11.1 Å². The van der Waals surface area contributed by atoms with Gasteiger partial charge in [0.25, 0.3) is 5.91 Å².